The molecule has 0 atom stereocenters. The smallest absolute Gasteiger partial charge is 0.148 e. The van der Waals surface area contributed by atoms with E-state index in [-0.39, 0.29) is 0 Å². The van der Waals surface area contributed by atoms with Gasteiger partial charge >= 0.3 is 0 Å². The second-order valence-electron chi connectivity index (χ2n) is 2.11. The van der Waals surface area contributed by atoms with Crippen LogP contribution in [0.4, 0.5) is 5.69 Å². The standard InChI is InChI=1S/C7H6IN2/c8-7-5-3-1-2-4-6(5)9-10-7/h1-4,9-10H. The lowest BCUT2D eigenvalue weighted by Gasteiger charge is -1.95. The van der Waals surface area contributed by atoms with Crippen molar-refractivity contribution in [2.24, 2.45) is 0 Å². The molecular formula is C7H6IN2. The number of anilines is 1. The zero-order chi connectivity index (χ0) is 6.97. The maximum atomic E-state index is 3.06. The minimum absolute atomic E-state index is 1.16. The van der Waals surface area contributed by atoms with Gasteiger partial charge in [-0.15, -0.1) is 0 Å². The normalized spacial score (nSPS) is 16.5. The van der Waals surface area contributed by atoms with E-state index in [1.165, 1.54) is 5.56 Å². The van der Waals surface area contributed by atoms with E-state index in [0.29, 0.717) is 0 Å². The van der Waals surface area contributed by atoms with E-state index in [2.05, 4.69) is 39.5 Å². The molecule has 1 aromatic carbocycles. The van der Waals surface area contributed by atoms with E-state index < -0.39 is 0 Å². The van der Waals surface area contributed by atoms with Gasteiger partial charge in [0.15, 0.2) is 0 Å². The fourth-order valence-corrected chi connectivity index (χ4v) is 1.58. The topological polar surface area (TPSA) is 24.1 Å². The summed E-state index contributed by atoms with van der Waals surface area (Å²) in [6, 6.07) is 8.19. The van der Waals surface area contributed by atoms with Crippen molar-refractivity contribution in [1.82, 2.24) is 5.43 Å². The highest BCUT2D eigenvalue weighted by molar-refractivity contribution is 14.1. The van der Waals surface area contributed by atoms with Crippen molar-refractivity contribution < 1.29 is 0 Å². The summed E-state index contributed by atoms with van der Waals surface area (Å²) in [7, 11) is 0. The van der Waals surface area contributed by atoms with Gasteiger partial charge in [0.1, 0.15) is 4.05 Å². The van der Waals surface area contributed by atoms with Crippen LogP contribution in [0.15, 0.2) is 24.3 Å². The van der Waals surface area contributed by atoms with Gasteiger partial charge in [-0.05, 0) is 6.07 Å². The van der Waals surface area contributed by atoms with Crippen molar-refractivity contribution in [2.75, 3.05) is 5.43 Å². The Morgan fingerprint density at radius 2 is 1.90 bits per heavy atom. The monoisotopic (exact) mass is 245 g/mol. The van der Waals surface area contributed by atoms with Gasteiger partial charge in [0.25, 0.3) is 0 Å². The Morgan fingerprint density at radius 1 is 1.10 bits per heavy atom. The zero-order valence-corrected chi connectivity index (χ0v) is 7.34. The van der Waals surface area contributed by atoms with Crippen molar-refractivity contribution in [2.45, 2.75) is 0 Å². The number of hydrazine groups is 1. The summed E-state index contributed by atoms with van der Waals surface area (Å²) in [4.78, 5) is 0. The summed E-state index contributed by atoms with van der Waals surface area (Å²) in [6.07, 6.45) is 0. The number of halogens is 1. The van der Waals surface area contributed by atoms with E-state index in [4.69, 9.17) is 0 Å². The molecule has 51 valence electrons. The minimum Gasteiger partial charge on any atom is -0.319 e. The largest absolute Gasteiger partial charge is 0.319 e. The van der Waals surface area contributed by atoms with Gasteiger partial charge < -0.3 is 5.43 Å². The first-order valence-corrected chi connectivity index (χ1v) is 4.10. The third kappa shape index (κ3) is 0.894. The predicted octanol–water partition coefficient (Wildman–Crippen LogP) is 1.89. The Morgan fingerprint density at radius 3 is 2.70 bits per heavy atom. The SMILES string of the molecule is I[C]1NNc2ccccc21. The first kappa shape index (κ1) is 6.42. The highest BCUT2D eigenvalue weighted by atomic mass is 127. The molecule has 0 saturated carbocycles. The van der Waals surface area contributed by atoms with Crippen LogP contribution in [-0.2, 0) is 0 Å². The van der Waals surface area contributed by atoms with Gasteiger partial charge in [0, 0.05) is 5.56 Å². The molecule has 1 aliphatic heterocycles. The second kappa shape index (κ2) is 2.39. The van der Waals surface area contributed by atoms with Gasteiger partial charge in [-0.3, -0.25) is 0 Å². The molecule has 0 aliphatic carbocycles. The average Bonchev–Trinajstić information content (AvgIpc) is 2.34. The molecule has 0 unspecified atom stereocenters. The maximum absolute atomic E-state index is 3.06. The van der Waals surface area contributed by atoms with Gasteiger partial charge in [0.05, 0.1) is 5.69 Å². The highest BCUT2D eigenvalue weighted by Crippen LogP contribution is 2.30. The van der Waals surface area contributed by atoms with Crippen molar-refractivity contribution in [1.29, 1.82) is 0 Å². The fourth-order valence-electron chi connectivity index (χ4n) is 0.973. The Bertz CT molecular complexity index is 249. The summed E-state index contributed by atoms with van der Waals surface area (Å²) in [5.74, 6) is 0. The van der Waals surface area contributed by atoms with E-state index in [9.17, 15) is 0 Å². The molecule has 10 heavy (non-hydrogen) atoms. The number of hydrogen-bond acceptors (Lipinski definition) is 2. The lowest BCUT2D eigenvalue weighted by atomic mass is 10.2. The van der Waals surface area contributed by atoms with E-state index in [1.807, 2.05) is 18.2 Å². The van der Waals surface area contributed by atoms with Gasteiger partial charge in [0.2, 0.25) is 0 Å². The van der Waals surface area contributed by atoms with Crippen LogP contribution < -0.4 is 10.9 Å². The molecule has 0 aromatic heterocycles. The predicted molar refractivity (Wildman–Crippen MR) is 49.6 cm³/mol. The number of nitrogens with one attached hydrogen (secondary N) is 2. The number of para-hydroxylation sites is 1. The average molecular weight is 245 g/mol. The molecule has 1 aliphatic rings. The van der Waals surface area contributed by atoms with Gasteiger partial charge in [-0.2, -0.15) is 0 Å². The molecule has 2 nitrogen and oxygen atoms in total. The van der Waals surface area contributed by atoms with Crippen LogP contribution in [0.1, 0.15) is 5.56 Å². The van der Waals surface area contributed by atoms with Gasteiger partial charge in [-0.1, -0.05) is 40.8 Å². The van der Waals surface area contributed by atoms with Crippen molar-refractivity contribution in [3.63, 3.8) is 0 Å². The summed E-state index contributed by atoms with van der Waals surface area (Å²) in [6.45, 7) is 0. The molecule has 3 heteroatoms. The van der Waals surface area contributed by atoms with E-state index in [1.54, 1.807) is 0 Å². The molecule has 0 fully saturated rings. The Hall–Kier alpha value is -0.290. The van der Waals surface area contributed by atoms with Crippen molar-refractivity contribution in [3.05, 3.63) is 33.9 Å². The van der Waals surface area contributed by atoms with Crippen molar-refractivity contribution in [3.8, 4) is 0 Å². The summed E-state index contributed by atoms with van der Waals surface area (Å²) in [5.41, 5.74) is 8.51. The number of benzene rings is 1. The maximum Gasteiger partial charge on any atom is 0.148 e. The third-order valence-corrected chi connectivity index (χ3v) is 2.32. The van der Waals surface area contributed by atoms with Crippen LogP contribution >= 0.6 is 22.6 Å². The Labute approximate surface area is 73.1 Å². The molecule has 0 spiro atoms. The first-order chi connectivity index (χ1) is 4.88. The molecule has 0 bridgehead atoms. The zero-order valence-electron chi connectivity index (χ0n) is 5.19. The van der Waals surface area contributed by atoms with Crippen LogP contribution in [-0.4, -0.2) is 0 Å². The second-order valence-corrected chi connectivity index (χ2v) is 3.19. The molecule has 0 saturated heterocycles. The first-order valence-electron chi connectivity index (χ1n) is 3.02. The summed E-state index contributed by atoms with van der Waals surface area (Å²) in [5, 5.41) is 0. The number of rotatable bonds is 0. The quantitative estimate of drug-likeness (QED) is 0.538. The lowest BCUT2D eigenvalue weighted by Crippen LogP contribution is -2.14. The third-order valence-electron chi connectivity index (χ3n) is 1.47. The fraction of sp³-hybridized carbons (Fsp3) is 0. The van der Waals surface area contributed by atoms with Crippen LogP contribution in [0, 0.1) is 4.05 Å². The molecule has 1 aromatic rings. The molecular weight excluding hydrogens is 239 g/mol. The van der Waals surface area contributed by atoms with E-state index in [0.717, 1.165) is 9.74 Å². The van der Waals surface area contributed by atoms with Gasteiger partial charge in [-0.25, -0.2) is 5.43 Å². The van der Waals surface area contributed by atoms with Crippen LogP contribution in [0.25, 0.3) is 0 Å². The molecule has 2 rings (SSSR count). The molecule has 0 amide bonds. The van der Waals surface area contributed by atoms with Crippen LogP contribution in [0.5, 0.6) is 0 Å². The number of hydrogen-bond donors (Lipinski definition) is 2. The lowest BCUT2D eigenvalue weighted by molar-refractivity contribution is 1.03. The molecule has 2 N–H and O–H groups in total. The van der Waals surface area contributed by atoms with Crippen LogP contribution in [0.2, 0.25) is 0 Å². The highest BCUT2D eigenvalue weighted by Gasteiger charge is 2.17. The van der Waals surface area contributed by atoms with E-state index >= 15 is 0 Å². The molecule has 1 radical (unpaired) electrons. The summed E-state index contributed by atoms with van der Waals surface area (Å²) >= 11 is 2.27. The minimum atomic E-state index is 1.16. The van der Waals surface area contributed by atoms with Crippen molar-refractivity contribution >= 4 is 28.3 Å². The molecule has 1 heterocycles. The Balaban J connectivity index is 2.51. The number of fused-ring (bicyclic) bond motifs is 1. The van der Waals surface area contributed by atoms with Crippen LogP contribution in [0.3, 0.4) is 0 Å². The summed E-state index contributed by atoms with van der Waals surface area (Å²) < 4.78 is 1.16. The Kier molecular flexibility index (Phi) is 1.54.